The normalized spacial score (nSPS) is 24.4. The molecule has 2 fully saturated rings. The molecule has 0 radical (unpaired) electrons. The van der Waals surface area contributed by atoms with Crippen molar-refractivity contribution in [3.05, 3.63) is 53.6 Å². The van der Waals surface area contributed by atoms with E-state index in [1.54, 1.807) is 0 Å². The molecule has 1 aliphatic heterocycles. The molecule has 5 rings (SSSR count). The zero-order valence-electron chi connectivity index (χ0n) is 22.6. The number of hydrogen-bond donors (Lipinski definition) is 2. The van der Waals surface area contributed by atoms with Crippen LogP contribution in [0.3, 0.4) is 0 Å². The molecular weight excluding hydrogens is 446 g/mol. The molecule has 2 bridgehead atoms. The van der Waals surface area contributed by atoms with E-state index in [1.165, 1.54) is 24.8 Å². The van der Waals surface area contributed by atoms with Gasteiger partial charge in [0, 0.05) is 17.8 Å². The third-order valence-electron chi connectivity index (χ3n) is 8.12. The molecular formula is C31H43N3O2. The lowest BCUT2D eigenvalue weighted by Crippen LogP contribution is -2.49. The van der Waals surface area contributed by atoms with Gasteiger partial charge in [-0.2, -0.15) is 0 Å². The molecule has 3 aliphatic rings. The SMILES string of the molecule is CC(C)OCC(C)(C)Nc1ccccc1Nc1ccc2c(c1)C1CCCN(CC3CC3)C(C2=O)C1C. The van der Waals surface area contributed by atoms with Gasteiger partial charge in [-0.3, -0.25) is 9.69 Å². The first-order chi connectivity index (χ1) is 17.2. The summed E-state index contributed by atoms with van der Waals surface area (Å²) in [6.45, 7) is 13.5. The highest BCUT2D eigenvalue weighted by Gasteiger charge is 2.45. The number of Topliss-reactive ketones (excluding diaryl/α,β-unsaturated/α-hetero) is 1. The van der Waals surface area contributed by atoms with E-state index in [1.807, 2.05) is 0 Å². The van der Waals surface area contributed by atoms with Crippen LogP contribution in [-0.2, 0) is 4.74 Å². The van der Waals surface area contributed by atoms with Crippen molar-refractivity contribution in [2.75, 3.05) is 30.3 Å². The Morgan fingerprint density at radius 3 is 2.56 bits per heavy atom. The van der Waals surface area contributed by atoms with Crippen LogP contribution in [0.1, 0.15) is 82.1 Å². The molecule has 0 amide bonds. The lowest BCUT2D eigenvalue weighted by Gasteiger charge is -2.40. The number of rotatable bonds is 9. The molecule has 2 N–H and O–H groups in total. The molecule has 2 aromatic carbocycles. The number of likely N-dealkylation sites (tertiary alicyclic amines) is 1. The van der Waals surface area contributed by atoms with Gasteiger partial charge in [-0.1, -0.05) is 19.1 Å². The Labute approximate surface area is 217 Å². The first-order valence-corrected chi connectivity index (χ1v) is 13.9. The van der Waals surface area contributed by atoms with Gasteiger partial charge >= 0.3 is 0 Å². The van der Waals surface area contributed by atoms with Crippen LogP contribution in [0.25, 0.3) is 0 Å². The van der Waals surface area contributed by atoms with Crippen molar-refractivity contribution in [2.45, 2.75) is 83.9 Å². The van der Waals surface area contributed by atoms with Crippen LogP contribution >= 0.6 is 0 Å². The third kappa shape index (κ3) is 5.47. The predicted octanol–water partition coefficient (Wildman–Crippen LogP) is 6.84. The van der Waals surface area contributed by atoms with Crippen molar-refractivity contribution in [2.24, 2.45) is 11.8 Å². The van der Waals surface area contributed by atoms with Crippen LogP contribution in [0, 0.1) is 11.8 Å². The maximum Gasteiger partial charge on any atom is 0.180 e. The van der Waals surface area contributed by atoms with Crippen LogP contribution in [-0.4, -0.2) is 48.1 Å². The molecule has 1 saturated heterocycles. The minimum absolute atomic E-state index is 0.0459. The van der Waals surface area contributed by atoms with Crippen LogP contribution in [0.2, 0.25) is 0 Å². The average Bonchev–Trinajstić information content (AvgIpc) is 3.66. The number of ketones is 1. The number of anilines is 3. The van der Waals surface area contributed by atoms with Crippen molar-refractivity contribution in [1.29, 1.82) is 0 Å². The summed E-state index contributed by atoms with van der Waals surface area (Å²) < 4.78 is 5.88. The Morgan fingerprint density at radius 1 is 1.08 bits per heavy atom. The predicted molar refractivity (Wildman–Crippen MR) is 149 cm³/mol. The topological polar surface area (TPSA) is 53.6 Å². The van der Waals surface area contributed by atoms with Gasteiger partial charge in [-0.05, 0) is 114 Å². The highest BCUT2D eigenvalue weighted by atomic mass is 16.5. The second-order valence-corrected chi connectivity index (χ2v) is 12.2. The maximum atomic E-state index is 13.7. The Hall–Kier alpha value is -2.37. The number of nitrogens with zero attached hydrogens (tertiary/aromatic N) is 1. The molecule has 3 unspecified atom stereocenters. The van der Waals surface area contributed by atoms with E-state index in [0.717, 1.165) is 48.1 Å². The number of nitrogens with one attached hydrogen (secondary N) is 2. The Morgan fingerprint density at radius 2 is 1.83 bits per heavy atom. The monoisotopic (exact) mass is 489 g/mol. The molecule has 5 heteroatoms. The fourth-order valence-electron chi connectivity index (χ4n) is 6.11. The zero-order chi connectivity index (χ0) is 25.4. The minimum Gasteiger partial charge on any atom is -0.376 e. The van der Waals surface area contributed by atoms with Crippen molar-refractivity contribution < 1.29 is 9.53 Å². The summed E-state index contributed by atoms with van der Waals surface area (Å²) in [6.07, 6.45) is 5.19. The van der Waals surface area contributed by atoms with Crippen molar-refractivity contribution in [3.8, 4) is 0 Å². The molecule has 3 atom stereocenters. The second kappa shape index (κ2) is 10.2. The molecule has 1 saturated carbocycles. The van der Waals surface area contributed by atoms with Crippen LogP contribution < -0.4 is 10.6 Å². The lowest BCUT2D eigenvalue weighted by molar-refractivity contribution is 0.0547. The lowest BCUT2D eigenvalue weighted by atomic mass is 9.71. The summed E-state index contributed by atoms with van der Waals surface area (Å²) in [5.41, 5.74) is 5.08. The number of fused-ring (bicyclic) bond motifs is 4. The smallest absolute Gasteiger partial charge is 0.180 e. The van der Waals surface area contributed by atoms with Gasteiger partial charge in [0.05, 0.1) is 35.7 Å². The van der Waals surface area contributed by atoms with E-state index < -0.39 is 0 Å². The van der Waals surface area contributed by atoms with Gasteiger partial charge in [-0.15, -0.1) is 0 Å². The molecule has 5 nitrogen and oxygen atoms in total. The number of ether oxygens (including phenoxy) is 1. The summed E-state index contributed by atoms with van der Waals surface area (Å²) in [4.78, 5) is 16.2. The third-order valence-corrected chi connectivity index (χ3v) is 8.12. The molecule has 0 aromatic heterocycles. The quantitative estimate of drug-likeness (QED) is 0.404. The largest absolute Gasteiger partial charge is 0.376 e. The van der Waals surface area contributed by atoms with Crippen LogP contribution in [0.4, 0.5) is 17.1 Å². The molecule has 1 heterocycles. The fraction of sp³-hybridized carbons (Fsp3) is 0.581. The summed E-state index contributed by atoms with van der Waals surface area (Å²) in [6, 6.07) is 14.8. The van der Waals surface area contributed by atoms with Crippen molar-refractivity contribution in [3.63, 3.8) is 0 Å². The van der Waals surface area contributed by atoms with Gasteiger partial charge in [-0.25, -0.2) is 0 Å². The number of hydrogen-bond acceptors (Lipinski definition) is 5. The van der Waals surface area contributed by atoms with E-state index in [2.05, 4.69) is 92.6 Å². The van der Waals surface area contributed by atoms with Gasteiger partial charge in [0.1, 0.15) is 0 Å². The molecule has 2 aliphatic carbocycles. The number of carbonyl (C=O) groups excluding carboxylic acids is 1. The minimum atomic E-state index is -0.207. The second-order valence-electron chi connectivity index (χ2n) is 12.2. The summed E-state index contributed by atoms with van der Waals surface area (Å²) >= 11 is 0. The Bertz CT molecular complexity index is 1090. The van der Waals surface area contributed by atoms with Crippen molar-refractivity contribution >= 4 is 22.8 Å². The van der Waals surface area contributed by atoms with E-state index in [0.29, 0.717) is 24.2 Å². The van der Waals surface area contributed by atoms with Gasteiger partial charge in [0.25, 0.3) is 0 Å². The standard InChI is InChI=1S/C31H43N3O2/c1-20(2)36-19-31(4,5)33-28-11-7-6-10-27(28)32-23-14-15-25-26(17-23)24-9-8-16-34(18-22-12-13-22)29(21(24)3)30(25)35/h6-7,10-11,14-15,17,20-22,24,29,32-33H,8-9,12-13,16,18-19H2,1-5H3. The van der Waals surface area contributed by atoms with E-state index in [9.17, 15) is 4.79 Å². The van der Waals surface area contributed by atoms with Crippen LogP contribution in [0.5, 0.6) is 0 Å². The maximum absolute atomic E-state index is 13.7. The average molecular weight is 490 g/mol. The van der Waals surface area contributed by atoms with Gasteiger partial charge in [0.15, 0.2) is 5.78 Å². The Kier molecular flexibility index (Phi) is 7.15. The number of carbonyl (C=O) groups is 1. The fourth-order valence-corrected chi connectivity index (χ4v) is 6.11. The molecule has 36 heavy (non-hydrogen) atoms. The Balaban J connectivity index is 1.38. The van der Waals surface area contributed by atoms with Crippen LogP contribution in [0.15, 0.2) is 42.5 Å². The van der Waals surface area contributed by atoms with Gasteiger partial charge < -0.3 is 15.4 Å². The van der Waals surface area contributed by atoms with E-state index >= 15 is 0 Å². The summed E-state index contributed by atoms with van der Waals surface area (Å²) in [5, 5.41) is 7.31. The van der Waals surface area contributed by atoms with Crippen molar-refractivity contribution in [1.82, 2.24) is 4.90 Å². The summed E-state index contributed by atoms with van der Waals surface area (Å²) in [7, 11) is 0. The van der Waals surface area contributed by atoms with E-state index in [4.69, 9.17) is 4.74 Å². The molecule has 2 aromatic rings. The number of benzene rings is 2. The zero-order valence-corrected chi connectivity index (χ0v) is 22.6. The van der Waals surface area contributed by atoms with Gasteiger partial charge in [0.2, 0.25) is 0 Å². The molecule has 194 valence electrons. The first kappa shape index (κ1) is 25.3. The highest BCUT2D eigenvalue weighted by Crippen LogP contribution is 2.45. The number of para-hydroxylation sites is 2. The first-order valence-electron chi connectivity index (χ1n) is 13.9. The summed E-state index contributed by atoms with van der Waals surface area (Å²) in [5.74, 6) is 1.94. The van der Waals surface area contributed by atoms with E-state index in [-0.39, 0.29) is 17.7 Å². The molecule has 0 spiro atoms. The highest BCUT2D eigenvalue weighted by molar-refractivity contribution is 6.03.